The van der Waals surface area contributed by atoms with Crippen LogP contribution in [0.25, 0.3) is 0 Å². The van der Waals surface area contributed by atoms with Crippen molar-refractivity contribution in [2.24, 2.45) is 0 Å². The van der Waals surface area contributed by atoms with Gasteiger partial charge in [-0.15, -0.1) is 0 Å². The number of hydrogen-bond acceptors (Lipinski definition) is 4. The second-order valence-electron chi connectivity index (χ2n) is 5.19. The van der Waals surface area contributed by atoms with Gasteiger partial charge in [0.05, 0.1) is 19.3 Å². The average molecular weight is 293 g/mol. The molecule has 4 nitrogen and oxygen atoms in total. The second kappa shape index (κ2) is 9.66. The number of hydrogen-bond donors (Lipinski definition) is 0. The summed E-state index contributed by atoms with van der Waals surface area (Å²) in [6.07, 6.45) is 0.769. The first-order valence-electron chi connectivity index (χ1n) is 7.48. The number of rotatable bonds is 10. The van der Waals surface area contributed by atoms with Crippen LogP contribution in [0.3, 0.4) is 0 Å². The Labute approximate surface area is 128 Å². The van der Waals surface area contributed by atoms with Gasteiger partial charge in [0.1, 0.15) is 0 Å². The molecule has 0 saturated carbocycles. The van der Waals surface area contributed by atoms with Gasteiger partial charge < -0.3 is 9.47 Å². The Bertz CT molecular complexity index is 408. The largest absolute Gasteiger partial charge is 0.383 e. The Morgan fingerprint density at radius 1 is 1.19 bits per heavy atom. The van der Waals surface area contributed by atoms with E-state index >= 15 is 0 Å². The van der Waals surface area contributed by atoms with Crippen LogP contribution >= 0.6 is 0 Å². The number of carbonyl (C=O) groups is 1. The number of carbonyl (C=O) groups excluding carboxylic acids is 1. The predicted octanol–water partition coefficient (Wildman–Crippen LogP) is 2.63. The lowest BCUT2D eigenvalue weighted by Crippen LogP contribution is -2.49. The van der Waals surface area contributed by atoms with E-state index in [9.17, 15) is 4.79 Å². The molecule has 0 radical (unpaired) electrons. The van der Waals surface area contributed by atoms with Gasteiger partial charge in [-0.1, -0.05) is 37.3 Å². The SMILES string of the molecule is CCC(C(=O)c1ccccc1)N(CCOC)C(C)COC. The maximum absolute atomic E-state index is 12.8. The van der Waals surface area contributed by atoms with Crippen LogP contribution in [0, 0.1) is 0 Å². The fourth-order valence-electron chi connectivity index (χ4n) is 2.58. The van der Waals surface area contributed by atoms with Crippen LogP contribution in [0.5, 0.6) is 0 Å². The van der Waals surface area contributed by atoms with Gasteiger partial charge in [-0.3, -0.25) is 9.69 Å². The zero-order valence-electron chi connectivity index (χ0n) is 13.5. The maximum atomic E-state index is 12.8. The third kappa shape index (κ3) is 5.23. The summed E-state index contributed by atoms with van der Waals surface area (Å²) in [6.45, 7) is 6.05. The van der Waals surface area contributed by atoms with Crippen molar-refractivity contribution in [1.29, 1.82) is 0 Å². The molecule has 0 heterocycles. The van der Waals surface area contributed by atoms with Crippen LogP contribution in [0.2, 0.25) is 0 Å². The van der Waals surface area contributed by atoms with E-state index < -0.39 is 0 Å². The van der Waals surface area contributed by atoms with Crippen LogP contribution in [0.1, 0.15) is 30.6 Å². The molecular formula is C17H27NO3. The Hall–Kier alpha value is -1.23. The minimum Gasteiger partial charge on any atom is -0.383 e. The van der Waals surface area contributed by atoms with E-state index in [0.717, 1.165) is 18.5 Å². The first-order valence-corrected chi connectivity index (χ1v) is 7.48. The molecule has 1 rings (SSSR count). The van der Waals surface area contributed by atoms with E-state index in [1.807, 2.05) is 37.3 Å². The summed E-state index contributed by atoms with van der Waals surface area (Å²) < 4.78 is 10.4. The summed E-state index contributed by atoms with van der Waals surface area (Å²) in [6, 6.07) is 9.50. The van der Waals surface area contributed by atoms with Gasteiger partial charge in [0.15, 0.2) is 5.78 Å². The van der Waals surface area contributed by atoms with Crippen molar-refractivity contribution >= 4 is 5.78 Å². The summed E-state index contributed by atoms with van der Waals surface area (Å²) in [7, 11) is 3.37. The van der Waals surface area contributed by atoms with Gasteiger partial charge in [0, 0.05) is 32.4 Å². The molecule has 1 aromatic carbocycles. The lowest BCUT2D eigenvalue weighted by molar-refractivity contribution is 0.0406. The van der Waals surface area contributed by atoms with Crippen molar-refractivity contribution < 1.29 is 14.3 Å². The first-order chi connectivity index (χ1) is 10.2. The van der Waals surface area contributed by atoms with E-state index in [1.54, 1.807) is 14.2 Å². The lowest BCUT2D eigenvalue weighted by atomic mass is 9.99. The molecule has 0 N–H and O–H groups in total. The van der Waals surface area contributed by atoms with Crippen molar-refractivity contribution in [3.8, 4) is 0 Å². The van der Waals surface area contributed by atoms with E-state index in [-0.39, 0.29) is 17.9 Å². The number of methoxy groups -OCH3 is 2. The van der Waals surface area contributed by atoms with Crippen molar-refractivity contribution in [3.63, 3.8) is 0 Å². The van der Waals surface area contributed by atoms with Crippen LogP contribution in [-0.2, 0) is 9.47 Å². The molecule has 0 amide bonds. The zero-order chi connectivity index (χ0) is 15.7. The molecule has 1 aromatic rings. The second-order valence-corrected chi connectivity index (χ2v) is 5.19. The Morgan fingerprint density at radius 3 is 2.38 bits per heavy atom. The quantitative estimate of drug-likeness (QED) is 0.622. The minimum atomic E-state index is -0.146. The first kappa shape index (κ1) is 17.8. The standard InChI is InChI=1S/C17H27NO3/c1-5-16(17(19)15-9-7-6-8-10-15)18(11-12-20-3)14(2)13-21-4/h6-10,14,16H,5,11-13H2,1-4H3. The summed E-state index contributed by atoms with van der Waals surface area (Å²) >= 11 is 0. The molecule has 0 fully saturated rings. The number of benzene rings is 1. The number of ketones is 1. The monoisotopic (exact) mass is 293 g/mol. The third-order valence-electron chi connectivity index (χ3n) is 3.68. The van der Waals surface area contributed by atoms with Crippen LogP contribution in [0.4, 0.5) is 0 Å². The maximum Gasteiger partial charge on any atom is 0.179 e. The number of ether oxygens (including phenoxy) is 2. The Morgan fingerprint density at radius 2 is 1.86 bits per heavy atom. The fraction of sp³-hybridized carbons (Fsp3) is 0.588. The third-order valence-corrected chi connectivity index (χ3v) is 3.68. The van der Waals surface area contributed by atoms with E-state index in [2.05, 4.69) is 11.8 Å². The van der Waals surface area contributed by atoms with Crippen molar-refractivity contribution in [1.82, 2.24) is 4.90 Å². The van der Waals surface area contributed by atoms with Gasteiger partial charge in [-0.25, -0.2) is 0 Å². The van der Waals surface area contributed by atoms with Gasteiger partial charge in [0.25, 0.3) is 0 Å². The van der Waals surface area contributed by atoms with Crippen molar-refractivity contribution in [3.05, 3.63) is 35.9 Å². The molecule has 118 valence electrons. The molecule has 21 heavy (non-hydrogen) atoms. The normalized spacial score (nSPS) is 14.1. The van der Waals surface area contributed by atoms with Gasteiger partial charge >= 0.3 is 0 Å². The highest BCUT2D eigenvalue weighted by molar-refractivity contribution is 6.00. The minimum absolute atomic E-state index is 0.146. The van der Waals surface area contributed by atoms with Crippen LogP contribution < -0.4 is 0 Å². The molecular weight excluding hydrogens is 266 g/mol. The summed E-state index contributed by atoms with van der Waals surface area (Å²) in [5, 5.41) is 0. The smallest absolute Gasteiger partial charge is 0.179 e. The average Bonchev–Trinajstić information content (AvgIpc) is 2.52. The highest BCUT2D eigenvalue weighted by atomic mass is 16.5. The number of Topliss-reactive ketones (excluding diaryl/α,β-unsaturated/α-hetero) is 1. The Kier molecular flexibility index (Phi) is 8.20. The summed E-state index contributed by atoms with van der Waals surface area (Å²) in [5.74, 6) is 0.164. The van der Waals surface area contributed by atoms with Gasteiger partial charge in [-0.05, 0) is 13.3 Å². The number of nitrogens with zero attached hydrogens (tertiary/aromatic N) is 1. The fourth-order valence-corrected chi connectivity index (χ4v) is 2.58. The van der Waals surface area contributed by atoms with Gasteiger partial charge in [0.2, 0.25) is 0 Å². The summed E-state index contributed by atoms with van der Waals surface area (Å²) in [4.78, 5) is 14.9. The highest BCUT2D eigenvalue weighted by Crippen LogP contribution is 2.15. The lowest BCUT2D eigenvalue weighted by Gasteiger charge is -2.34. The predicted molar refractivity (Wildman–Crippen MR) is 84.8 cm³/mol. The summed E-state index contributed by atoms with van der Waals surface area (Å²) in [5.41, 5.74) is 0.761. The van der Waals surface area contributed by atoms with Gasteiger partial charge in [-0.2, -0.15) is 0 Å². The molecule has 0 aromatic heterocycles. The molecule has 0 aliphatic heterocycles. The molecule has 0 aliphatic carbocycles. The van der Waals surface area contributed by atoms with E-state index in [4.69, 9.17) is 9.47 Å². The topological polar surface area (TPSA) is 38.8 Å². The van der Waals surface area contributed by atoms with Crippen molar-refractivity contribution in [2.45, 2.75) is 32.4 Å². The Balaban J connectivity index is 2.91. The van der Waals surface area contributed by atoms with E-state index in [0.29, 0.717) is 13.2 Å². The van der Waals surface area contributed by atoms with Crippen LogP contribution in [0.15, 0.2) is 30.3 Å². The molecule has 2 unspecified atom stereocenters. The molecule has 0 aliphatic rings. The molecule has 0 spiro atoms. The molecule has 4 heteroatoms. The highest BCUT2D eigenvalue weighted by Gasteiger charge is 2.28. The molecule has 0 bridgehead atoms. The van der Waals surface area contributed by atoms with Crippen molar-refractivity contribution in [2.75, 3.05) is 34.0 Å². The zero-order valence-corrected chi connectivity index (χ0v) is 13.5. The molecule has 0 saturated heterocycles. The van der Waals surface area contributed by atoms with E-state index in [1.165, 1.54) is 0 Å². The van der Waals surface area contributed by atoms with Crippen LogP contribution in [-0.4, -0.2) is 56.7 Å². The molecule has 2 atom stereocenters.